The summed E-state index contributed by atoms with van der Waals surface area (Å²) in [7, 11) is -1.48. The minimum absolute atomic E-state index is 0.0193. The number of aryl methyl sites for hydroxylation is 1. The number of carbonyl (C=O) groups excluding carboxylic acids is 1. The van der Waals surface area contributed by atoms with Gasteiger partial charge < -0.3 is 9.64 Å². The predicted molar refractivity (Wildman–Crippen MR) is 90.0 cm³/mol. The molecule has 1 atom stereocenters. The highest BCUT2D eigenvalue weighted by molar-refractivity contribution is 7.91. The number of amides is 1. The fraction of sp³-hybridized carbons (Fsp3) is 0.588. The van der Waals surface area contributed by atoms with Crippen LogP contribution in [0.2, 0.25) is 0 Å². The Labute approximate surface area is 142 Å². The van der Waals surface area contributed by atoms with Gasteiger partial charge in [0, 0.05) is 32.7 Å². The second kappa shape index (κ2) is 8.58. The average molecular weight is 357 g/mol. The summed E-state index contributed by atoms with van der Waals surface area (Å²) in [5.41, 5.74) is 0.502. The molecule has 1 heterocycles. The van der Waals surface area contributed by atoms with Crippen LogP contribution in [0.15, 0.2) is 24.3 Å². The molecule has 1 amide bonds. The van der Waals surface area contributed by atoms with Gasteiger partial charge in [0.15, 0.2) is 9.84 Å². The molecular weight excluding hydrogens is 333 g/mol. The van der Waals surface area contributed by atoms with Gasteiger partial charge in [0.25, 0.3) is 0 Å². The molecule has 0 N–H and O–H groups in total. The zero-order valence-corrected chi connectivity index (χ0v) is 14.7. The Balaban J connectivity index is 2.00. The van der Waals surface area contributed by atoms with Crippen molar-refractivity contribution in [1.82, 2.24) is 4.90 Å². The van der Waals surface area contributed by atoms with Crippen molar-refractivity contribution >= 4 is 15.7 Å². The number of ether oxygens (including phenoxy) is 1. The minimum atomic E-state index is -3.06. The van der Waals surface area contributed by atoms with Gasteiger partial charge in [-0.1, -0.05) is 18.2 Å². The molecule has 0 aromatic heterocycles. The minimum Gasteiger partial charge on any atom is -0.385 e. The molecule has 2 rings (SSSR count). The van der Waals surface area contributed by atoms with Crippen molar-refractivity contribution in [3.8, 4) is 0 Å². The third kappa shape index (κ3) is 5.27. The smallest absolute Gasteiger partial charge is 0.223 e. The first-order valence-corrected chi connectivity index (χ1v) is 9.97. The Morgan fingerprint density at radius 1 is 1.38 bits per heavy atom. The highest BCUT2D eigenvalue weighted by Gasteiger charge is 2.34. The van der Waals surface area contributed by atoms with Crippen LogP contribution in [0.1, 0.15) is 24.8 Å². The van der Waals surface area contributed by atoms with E-state index in [2.05, 4.69) is 0 Å². The van der Waals surface area contributed by atoms with Crippen LogP contribution in [-0.4, -0.2) is 57.0 Å². The van der Waals surface area contributed by atoms with Crippen molar-refractivity contribution < 1.29 is 22.3 Å². The largest absolute Gasteiger partial charge is 0.385 e. The lowest BCUT2D eigenvalue weighted by Gasteiger charge is -2.28. The topological polar surface area (TPSA) is 63.7 Å². The Morgan fingerprint density at radius 2 is 2.12 bits per heavy atom. The normalized spacial score (nSPS) is 19.3. The van der Waals surface area contributed by atoms with Gasteiger partial charge in [-0.2, -0.15) is 0 Å². The van der Waals surface area contributed by atoms with Gasteiger partial charge in [-0.3, -0.25) is 4.79 Å². The van der Waals surface area contributed by atoms with E-state index in [1.165, 1.54) is 6.07 Å². The molecule has 1 aliphatic rings. The molecule has 0 spiro atoms. The van der Waals surface area contributed by atoms with Crippen molar-refractivity contribution in [3.05, 3.63) is 35.6 Å². The Morgan fingerprint density at radius 3 is 2.75 bits per heavy atom. The summed E-state index contributed by atoms with van der Waals surface area (Å²) >= 11 is 0. The van der Waals surface area contributed by atoms with E-state index in [0.29, 0.717) is 38.0 Å². The molecule has 0 saturated carbocycles. The van der Waals surface area contributed by atoms with Crippen LogP contribution >= 0.6 is 0 Å². The second-order valence-corrected chi connectivity index (χ2v) is 8.31. The Kier molecular flexibility index (Phi) is 6.74. The first-order chi connectivity index (χ1) is 11.4. The fourth-order valence-electron chi connectivity index (χ4n) is 3.00. The molecule has 134 valence electrons. The molecule has 24 heavy (non-hydrogen) atoms. The number of benzene rings is 1. The maximum atomic E-state index is 13.7. The van der Waals surface area contributed by atoms with E-state index >= 15 is 0 Å². The second-order valence-electron chi connectivity index (χ2n) is 6.08. The number of rotatable bonds is 8. The monoisotopic (exact) mass is 357 g/mol. The number of carbonyl (C=O) groups is 1. The summed E-state index contributed by atoms with van der Waals surface area (Å²) in [6.45, 7) is 0.973. The molecule has 1 saturated heterocycles. The van der Waals surface area contributed by atoms with Gasteiger partial charge in [-0.15, -0.1) is 0 Å². The summed E-state index contributed by atoms with van der Waals surface area (Å²) in [4.78, 5) is 14.2. The number of halogens is 1. The van der Waals surface area contributed by atoms with E-state index in [9.17, 15) is 17.6 Å². The van der Waals surface area contributed by atoms with Gasteiger partial charge in [0.05, 0.1) is 11.5 Å². The highest BCUT2D eigenvalue weighted by atomic mass is 32.2. The molecule has 0 radical (unpaired) electrons. The lowest BCUT2D eigenvalue weighted by atomic mass is 10.1. The Hall–Kier alpha value is -1.47. The molecule has 0 aliphatic carbocycles. The molecule has 1 aliphatic heterocycles. The lowest BCUT2D eigenvalue weighted by molar-refractivity contribution is -0.133. The molecule has 1 aromatic carbocycles. The van der Waals surface area contributed by atoms with E-state index in [-0.39, 0.29) is 35.7 Å². The van der Waals surface area contributed by atoms with Crippen LogP contribution in [0.4, 0.5) is 4.39 Å². The van der Waals surface area contributed by atoms with Crippen molar-refractivity contribution in [2.45, 2.75) is 31.7 Å². The van der Waals surface area contributed by atoms with Crippen molar-refractivity contribution in [1.29, 1.82) is 0 Å². The molecule has 1 unspecified atom stereocenters. The quantitative estimate of drug-likeness (QED) is 0.666. The molecule has 7 heteroatoms. The van der Waals surface area contributed by atoms with Gasteiger partial charge in [-0.05, 0) is 30.9 Å². The van der Waals surface area contributed by atoms with E-state index in [1.54, 1.807) is 30.2 Å². The molecule has 5 nitrogen and oxygen atoms in total. The standard InChI is InChI=1S/C17H24FNO4S/c1-23-11-4-10-19(15-9-12-24(21,22)13-15)17(20)8-7-14-5-2-3-6-16(14)18/h2-3,5-6,15H,4,7-13H2,1H3. The molecule has 1 fully saturated rings. The first-order valence-electron chi connectivity index (χ1n) is 8.15. The van der Waals surface area contributed by atoms with Crippen molar-refractivity contribution in [3.63, 3.8) is 0 Å². The highest BCUT2D eigenvalue weighted by Crippen LogP contribution is 2.20. The van der Waals surface area contributed by atoms with Crippen LogP contribution < -0.4 is 0 Å². The van der Waals surface area contributed by atoms with Crippen LogP contribution in [0.5, 0.6) is 0 Å². The van der Waals surface area contributed by atoms with E-state index in [0.717, 1.165) is 0 Å². The van der Waals surface area contributed by atoms with E-state index in [1.807, 2.05) is 0 Å². The van der Waals surface area contributed by atoms with Crippen molar-refractivity contribution in [2.24, 2.45) is 0 Å². The maximum absolute atomic E-state index is 13.7. The fourth-order valence-corrected chi connectivity index (χ4v) is 4.73. The van der Waals surface area contributed by atoms with Crippen LogP contribution in [0, 0.1) is 5.82 Å². The average Bonchev–Trinajstić information content (AvgIpc) is 2.90. The number of hydrogen-bond acceptors (Lipinski definition) is 4. The number of nitrogens with zero attached hydrogens (tertiary/aromatic N) is 1. The summed E-state index contributed by atoms with van der Waals surface area (Å²) in [5.74, 6) is -0.305. The van der Waals surface area contributed by atoms with E-state index in [4.69, 9.17) is 4.74 Å². The van der Waals surface area contributed by atoms with Gasteiger partial charge in [-0.25, -0.2) is 12.8 Å². The zero-order chi connectivity index (χ0) is 17.6. The predicted octanol–water partition coefficient (Wildman–Crippen LogP) is 1.81. The van der Waals surface area contributed by atoms with Crippen LogP contribution in [0.3, 0.4) is 0 Å². The molecule has 0 bridgehead atoms. The maximum Gasteiger partial charge on any atom is 0.223 e. The molecule has 1 aromatic rings. The van der Waals surface area contributed by atoms with Crippen LogP contribution in [-0.2, 0) is 25.8 Å². The zero-order valence-electron chi connectivity index (χ0n) is 13.9. The van der Waals surface area contributed by atoms with E-state index < -0.39 is 9.84 Å². The third-order valence-corrected chi connectivity index (χ3v) is 6.03. The van der Waals surface area contributed by atoms with Crippen molar-refractivity contribution in [2.75, 3.05) is 31.8 Å². The Bertz CT molecular complexity index is 662. The summed E-state index contributed by atoms with van der Waals surface area (Å²) in [6.07, 6.45) is 1.61. The summed E-state index contributed by atoms with van der Waals surface area (Å²) in [5, 5.41) is 0. The number of hydrogen-bond donors (Lipinski definition) is 0. The first kappa shape index (κ1) is 18.9. The van der Waals surface area contributed by atoms with Gasteiger partial charge in [0.1, 0.15) is 5.82 Å². The lowest BCUT2D eigenvalue weighted by Crippen LogP contribution is -2.42. The van der Waals surface area contributed by atoms with Gasteiger partial charge in [0.2, 0.25) is 5.91 Å². The number of sulfone groups is 1. The third-order valence-electron chi connectivity index (χ3n) is 4.28. The number of methoxy groups -OCH3 is 1. The molecular formula is C17H24FNO4S. The summed E-state index contributed by atoms with van der Waals surface area (Å²) in [6, 6.07) is 6.11. The van der Waals surface area contributed by atoms with Gasteiger partial charge >= 0.3 is 0 Å². The SMILES string of the molecule is COCCCN(C(=O)CCc1ccccc1F)C1CCS(=O)(=O)C1. The van der Waals surface area contributed by atoms with Crippen LogP contribution in [0.25, 0.3) is 0 Å². The summed E-state index contributed by atoms with van der Waals surface area (Å²) < 4.78 is 42.1.